The van der Waals surface area contributed by atoms with Crippen molar-refractivity contribution in [2.24, 2.45) is 11.3 Å². The Bertz CT molecular complexity index is 323. The molecular formula is C15H22S. The Kier molecular flexibility index (Phi) is 3.63. The summed E-state index contributed by atoms with van der Waals surface area (Å²) < 4.78 is 0. The van der Waals surface area contributed by atoms with Crippen molar-refractivity contribution >= 4 is 11.8 Å². The standard InChI is InChI=1S/C15H22S/c1-15(2,3)13-10-7-11-14(13)16-12-8-5-4-6-9-12/h4-6,8-9,13-14H,7,10-11H2,1-3H3/t13-,14?/m1/s1. The van der Waals surface area contributed by atoms with Crippen molar-refractivity contribution in [2.45, 2.75) is 50.2 Å². The molecule has 0 heterocycles. The molecule has 0 radical (unpaired) electrons. The zero-order valence-corrected chi connectivity index (χ0v) is 11.4. The predicted molar refractivity (Wildman–Crippen MR) is 72.9 cm³/mol. The molecule has 16 heavy (non-hydrogen) atoms. The Morgan fingerprint density at radius 1 is 1.06 bits per heavy atom. The summed E-state index contributed by atoms with van der Waals surface area (Å²) in [5.74, 6) is 0.873. The Balaban J connectivity index is 2.05. The highest BCUT2D eigenvalue weighted by Crippen LogP contribution is 2.46. The van der Waals surface area contributed by atoms with Gasteiger partial charge in [0.2, 0.25) is 0 Å². The quantitative estimate of drug-likeness (QED) is 0.694. The zero-order chi connectivity index (χ0) is 11.6. The number of hydrogen-bond donors (Lipinski definition) is 0. The number of thioether (sulfide) groups is 1. The van der Waals surface area contributed by atoms with Crippen LogP contribution in [-0.4, -0.2) is 5.25 Å². The minimum Gasteiger partial charge on any atom is -0.122 e. The van der Waals surface area contributed by atoms with E-state index in [0.29, 0.717) is 5.41 Å². The molecule has 1 unspecified atom stereocenters. The molecule has 1 aliphatic rings. The van der Waals surface area contributed by atoms with E-state index >= 15 is 0 Å². The molecule has 1 aromatic rings. The first-order chi connectivity index (χ1) is 7.57. The van der Waals surface area contributed by atoms with Crippen molar-refractivity contribution in [3.8, 4) is 0 Å². The molecule has 0 bridgehead atoms. The van der Waals surface area contributed by atoms with Crippen molar-refractivity contribution in [1.82, 2.24) is 0 Å². The van der Waals surface area contributed by atoms with Gasteiger partial charge in [-0.25, -0.2) is 0 Å². The predicted octanol–water partition coefficient (Wildman–Crippen LogP) is 4.99. The average Bonchev–Trinajstić information content (AvgIpc) is 2.67. The van der Waals surface area contributed by atoms with E-state index < -0.39 is 0 Å². The number of rotatable bonds is 2. The average molecular weight is 234 g/mol. The van der Waals surface area contributed by atoms with E-state index in [9.17, 15) is 0 Å². The van der Waals surface area contributed by atoms with Crippen molar-refractivity contribution < 1.29 is 0 Å². The second kappa shape index (κ2) is 4.83. The van der Waals surface area contributed by atoms with Crippen LogP contribution in [0.4, 0.5) is 0 Å². The van der Waals surface area contributed by atoms with Gasteiger partial charge in [-0.15, -0.1) is 11.8 Å². The van der Waals surface area contributed by atoms with E-state index in [-0.39, 0.29) is 0 Å². The fourth-order valence-corrected chi connectivity index (χ4v) is 4.39. The van der Waals surface area contributed by atoms with E-state index in [0.717, 1.165) is 11.2 Å². The molecule has 1 aromatic carbocycles. The third kappa shape index (κ3) is 2.82. The monoisotopic (exact) mass is 234 g/mol. The van der Waals surface area contributed by atoms with Gasteiger partial charge in [0.1, 0.15) is 0 Å². The first-order valence-corrected chi connectivity index (χ1v) is 7.17. The first-order valence-electron chi connectivity index (χ1n) is 6.29. The molecule has 2 atom stereocenters. The zero-order valence-electron chi connectivity index (χ0n) is 10.6. The summed E-state index contributed by atoms with van der Waals surface area (Å²) in [6.45, 7) is 7.17. The number of hydrogen-bond acceptors (Lipinski definition) is 1. The van der Waals surface area contributed by atoms with Gasteiger partial charge in [-0.1, -0.05) is 45.4 Å². The van der Waals surface area contributed by atoms with Crippen molar-refractivity contribution in [3.63, 3.8) is 0 Å². The Labute approximate surface area is 104 Å². The van der Waals surface area contributed by atoms with Crippen molar-refractivity contribution in [1.29, 1.82) is 0 Å². The molecular weight excluding hydrogens is 212 g/mol. The fourth-order valence-electron chi connectivity index (χ4n) is 2.73. The van der Waals surface area contributed by atoms with Gasteiger partial charge in [0, 0.05) is 10.1 Å². The maximum absolute atomic E-state index is 2.39. The smallest absolute Gasteiger partial charge is 0.0128 e. The van der Waals surface area contributed by atoms with Crippen LogP contribution in [0, 0.1) is 11.3 Å². The summed E-state index contributed by atoms with van der Waals surface area (Å²) in [6.07, 6.45) is 4.21. The summed E-state index contributed by atoms with van der Waals surface area (Å²) >= 11 is 2.09. The molecule has 0 N–H and O–H groups in total. The van der Waals surface area contributed by atoms with Gasteiger partial charge in [-0.2, -0.15) is 0 Å². The van der Waals surface area contributed by atoms with Crippen LogP contribution in [0.2, 0.25) is 0 Å². The normalized spacial score (nSPS) is 25.9. The van der Waals surface area contributed by atoms with Gasteiger partial charge in [0.05, 0.1) is 0 Å². The molecule has 0 aromatic heterocycles. The van der Waals surface area contributed by atoms with E-state index in [1.165, 1.54) is 24.2 Å². The topological polar surface area (TPSA) is 0 Å². The van der Waals surface area contributed by atoms with Gasteiger partial charge >= 0.3 is 0 Å². The van der Waals surface area contributed by atoms with E-state index in [1.807, 2.05) is 0 Å². The third-order valence-electron chi connectivity index (χ3n) is 3.60. The van der Waals surface area contributed by atoms with Crippen LogP contribution < -0.4 is 0 Å². The van der Waals surface area contributed by atoms with Crippen LogP contribution >= 0.6 is 11.8 Å². The number of benzene rings is 1. The lowest BCUT2D eigenvalue weighted by Gasteiger charge is -2.32. The van der Waals surface area contributed by atoms with E-state index in [1.54, 1.807) is 0 Å². The van der Waals surface area contributed by atoms with Crippen LogP contribution in [0.1, 0.15) is 40.0 Å². The maximum Gasteiger partial charge on any atom is 0.0128 e. The van der Waals surface area contributed by atoms with Crippen LogP contribution in [0.25, 0.3) is 0 Å². The molecule has 0 amide bonds. The first kappa shape index (κ1) is 12.0. The van der Waals surface area contributed by atoms with E-state index in [2.05, 4.69) is 62.9 Å². The lowest BCUT2D eigenvalue weighted by atomic mass is 9.79. The summed E-state index contributed by atoms with van der Waals surface area (Å²) in [6, 6.07) is 10.9. The lowest BCUT2D eigenvalue weighted by Crippen LogP contribution is -2.25. The van der Waals surface area contributed by atoms with Gasteiger partial charge in [-0.3, -0.25) is 0 Å². The highest BCUT2D eigenvalue weighted by molar-refractivity contribution is 8.00. The maximum atomic E-state index is 2.39. The molecule has 88 valence electrons. The molecule has 1 aliphatic carbocycles. The van der Waals surface area contributed by atoms with Crippen molar-refractivity contribution in [3.05, 3.63) is 30.3 Å². The van der Waals surface area contributed by atoms with Gasteiger partial charge in [0.15, 0.2) is 0 Å². The van der Waals surface area contributed by atoms with Crippen LogP contribution in [0.5, 0.6) is 0 Å². The highest BCUT2D eigenvalue weighted by atomic mass is 32.2. The molecule has 0 nitrogen and oxygen atoms in total. The van der Waals surface area contributed by atoms with Gasteiger partial charge < -0.3 is 0 Å². The molecule has 0 spiro atoms. The lowest BCUT2D eigenvalue weighted by molar-refractivity contribution is 0.252. The summed E-state index contributed by atoms with van der Waals surface area (Å²) in [7, 11) is 0. The molecule has 2 rings (SSSR count). The Morgan fingerprint density at radius 3 is 2.38 bits per heavy atom. The highest BCUT2D eigenvalue weighted by Gasteiger charge is 2.36. The largest absolute Gasteiger partial charge is 0.122 e. The minimum absolute atomic E-state index is 0.461. The summed E-state index contributed by atoms with van der Waals surface area (Å²) in [5.41, 5.74) is 0.461. The van der Waals surface area contributed by atoms with Crippen LogP contribution in [0.15, 0.2) is 35.2 Å². The molecule has 0 aliphatic heterocycles. The molecule has 1 fully saturated rings. The summed E-state index contributed by atoms with van der Waals surface area (Å²) in [5, 5.41) is 0.822. The second-order valence-electron chi connectivity index (χ2n) is 5.87. The van der Waals surface area contributed by atoms with E-state index in [4.69, 9.17) is 0 Å². The molecule has 1 heteroatoms. The minimum atomic E-state index is 0.461. The van der Waals surface area contributed by atoms with Gasteiger partial charge in [0.25, 0.3) is 0 Å². The second-order valence-corrected chi connectivity index (χ2v) is 7.19. The molecule has 0 saturated heterocycles. The molecule has 1 saturated carbocycles. The Hall–Kier alpha value is -0.430. The van der Waals surface area contributed by atoms with Crippen molar-refractivity contribution in [2.75, 3.05) is 0 Å². The van der Waals surface area contributed by atoms with Gasteiger partial charge in [-0.05, 0) is 36.3 Å². The van der Waals surface area contributed by atoms with Crippen LogP contribution in [-0.2, 0) is 0 Å². The Morgan fingerprint density at radius 2 is 1.75 bits per heavy atom. The third-order valence-corrected chi connectivity index (χ3v) is 5.01. The van der Waals surface area contributed by atoms with Crippen LogP contribution in [0.3, 0.4) is 0 Å². The SMILES string of the molecule is CC(C)(C)[C@@H]1CCCC1Sc1ccccc1. The summed E-state index contributed by atoms with van der Waals surface area (Å²) in [4.78, 5) is 1.43. The fraction of sp³-hybridized carbons (Fsp3) is 0.600.